The summed E-state index contributed by atoms with van der Waals surface area (Å²) >= 11 is 0. The van der Waals surface area contributed by atoms with E-state index < -0.39 is 0 Å². The van der Waals surface area contributed by atoms with Gasteiger partial charge in [0.05, 0.1) is 12.6 Å². The lowest BCUT2D eigenvalue weighted by Gasteiger charge is -2.43. The number of ether oxygens (including phenoxy) is 2. The second-order valence-electron chi connectivity index (χ2n) is 9.89. The van der Waals surface area contributed by atoms with Gasteiger partial charge in [0.2, 0.25) is 6.79 Å². The number of fused-ring (bicyclic) bond motifs is 1. The van der Waals surface area contributed by atoms with Gasteiger partial charge >= 0.3 is 0 Å². The van der Waals surface area contributed by atoms with Crippen LogP contribution in [0.1, 0.15) is 69.8 Å². The van der Waals surface area contributed by atoms with Gasteiger partial charge < -0.3 is 9.47 Å². The van der Waals surface area contributed by atoms with Crippen LogP contribution in [-0.4, -0.2) is 69.0 Å². The third-order valence-corrected chi connectivity index (χ3v) is 7.20. The van der Waals surface area contributed by atoms with E-state index in [9.17, 15) is 0 Å². The summed E-state index contributed by atoms with van der Waals surface area (Å²) in [6.07, 6.45) is 8.03. The molecule has 0 unspecified atom stereocenters. The molecule has 2 aliphatic heterocycles. The Kier molecular flexibility index (Phi) is 6.59. The van der Waals surface area contributed by atoms with Gasteiger partial charge in [-0.1, -0.05) is 39.2 Å². The Hall–Kier alpha value is -2.19. The lowest BCUT2D eigenvalue weighted by Crippen LogP contribution is -2.52. The topological polar surface area (TPSA) is 68.5 Å². The van der Waals surface area contributed by atoms with Crippen molar-refractivity contribution >= 4 is 0 Å². The molecule has 5 rings (SSSR count). The van der Waals surface area contributed by atoms with Crippen molar-refractivity contribution in [2.75, 3.05) is 33.0 Å². The summed E-state index contributed by atoms with van der Waals surface area (Å²) in [5.74, 6) is 3.16. The van der Waals surface area contributed by atoms with Crippen molar-refractivity contribution in [2.45, 2.75) is 71.0 Å². The van der Waals surface area contributed by atoms with Gasteiger partial charge in [0, 0.05) is 32.2 Å². The van der Waals surface area contributed by atoms with Crippen LogP contribution in [0.2, 0.25) is 0 Å². The molecule has 8 heteroatoms. The van der Waals surface area contributed by atoms with Gasteiger partial charge in [0.1, 0.15) is 0 Å². The molecule has 1 aromatic heterocycles. The molecule has 1 atom stereocenters. The van der Waals surface area contributed by atoms with E-state index in [1.165, 1.54) is 32.1 Å². The van der Waals surface area contributed by atoms with E-state index in [-0.39, 0.29) is 12.8 Å². The number of hydrogen-bond donors (Lipinski definition) is 0. The predicted molar refractivity (Wildman–Crippen MR) is 122 cm³/mol. The molecule has 2 fully saturated rings. The van der Waals surface area contributed by atoms with Crippen LogP contribution in [0.3, 0.4) is 0 Å². The van der Waals surface area contributed by atoms with E-state index >= 15 is 0 Å². The van der Waals surface area contributed by atoms with Crippen molar-refractivity contribution in [1.82, 2.24) is 30.0 Å². The fraction of sp³-hybridized carbons (Fsp3) is 0.708. The van der Waals surface area contributed by atoms with Gasteiger partial charge in [-0.3, -0.25) is 9.80 Å². The smallest absolute Gasteiger partial charge is 0.231 e. The second kappa shape index (κ2) is 9.75. The summed E-state index contributed by atoms with van der Waals surface area (Å²) in [7, 11) is 0. The molecule has 0 spiro atoms. The summed E-state index contributed by atoms with van der Waals surface area (Å²) in [5.41, 5.74) is 1.12. The highest BCUT2D eigenvalue weighted by Crippen LogP contribution is 2.33. The van der Waals surface area contributed by atoms with E-state index in [1.807, 2.05) is 16.8 Å². The monoisotopic (exact) mass is 440 g/mol. The summed E-state index contributed by atoms with van der Waals surface area (Å²) < 4.78 is 13.0. The molecule has 0 amide bonds. The maximum absolute atomic E-state index is 5.55. The Morgan fingerprint density at radius 1 is 1.00 bits per heavy atom. The van der Waals surface area contributed by atoms with Crippen molar-refractivity contribution in [3.63, 3.8) is 0 Å². The lowest BCUT2D eigenvalue weighted by atomic mass is 9.93. The van der Waals surface area contributed by atoms with Crippen LogP contribution >= 0.6 is 0 Å². The molecule has 3 aliphatic rings. The van der Waals surface area contributed by atoms with Gasteiger partial charge in [-0.15, -0.1) is 5.10 Å². The molecule has 3 heterocycles. The Morgan fingerprint density at radius 3 is 2.56 bits per heavy atom. The minimum Gasteiger partial charge on any atom is -0.454 e. The normalized spacial score (nSPS) is 21.3. The Morgan fingerprint density at radius 2 is 1.78 bits per heavy atom. The fourth-order valence-corrected chi connectivity index (χ4v) is 5.50. The first-order chi connectivity index (χ1) is 15.7. The highest BCUT2D eigenvalue weighted by atomic mass is 16.7. The number of nitrogens with zero attached hydrogens (tertiary/aromatic N) is 6. The van der Waals surface area contributed by atoms with Crippen molar-refractivity contribution in [1.29, 1.82) is 0 Å². The first kappa shape index (κ1) is 21.6. The standard InChI is InChI=1S/C24H36N6O2/c1-18(2)14-21(29-12-10-28(11-13-29)20-6-4-3-5-7-20)24-25-26-27-30(24)16-19-8-9-22-23(15-19)32-17-31-22/h8-9,15,18,20-21H,3-7,10-14,16-17H2,1-2H3/t21-/m1/s1. The molecule has 0 N–H and O–H groups in total. The number of piperazine rings is 1. The van der Waals surface area contributed by atoms with E-state index in [0.29, 0.717) is 12.5 Å². The van der Waals surface area contributed by atoms with Gasteiger partial charge in [-0.25, -0.2) is 4.68 Å². The number of hydrogen-bond acceptors (Lipinski definition) is 7. The molecule has 2 aromatic rings. The summed E-state index contributed by atoms with van der Waals surface area (Å²) in [6, 6.07) is 7.11. The summed E-state index contributed by atoms with van der Waals surface area (Å²) in [5, 5.41) is 12.9. The number of aromatic nitrogens is 4. The SMILES string of the molecule is CC(C)C[C@H](c1nnnn1Cc1ccc2c(c1)OCO2)N1CCN(C2CCCCC2)CC1. The Labute approximate surface area is 190 Å². The van der Waals surface area contributed by atoms with Crippen LogP contribution in [0.4, 0.5) is 0 Å². The third-order valence-electron chi connectivity index (χ3n) is 7.20. The fourth-order valence-electron chi connectivity index (χ4n) is 5.50. The Balaban J connectivity index is 1.29. The highest BCUT2D eigenvalue weighted by Gasteiger charge is 2.32. The zero-order valence-electron chi connectivity index (χ0n) is 19.4. The molecule has 0 radical (unpaired) electrons. The number of tetrazole rings is 1. The first-order valence-corrected chi connectivity index (χ1v) is 12.3. The van der Waals surface area contributed by atoms with Crippen molar-refractivity contribution in [3.8, 4) is 11.5 Å². The van der Waals surface area contributed by atoms with Crippen LogP contribution < -0.4 is 9.47 Å². The van der Waals surface area contributed by atoms with Crippen molar-refractivity contribution < 1.29 is 9.47 Å². The molecule has 8 nitrogen and oxygen atoms in total. The molecule has 174 valence electrons. The van der Waals surface area contributed by atoms with Crippen LogP contribution in [0.15, 0.2) is 18.2 Å². The summed E-state index contributed by atoms with van der Waals surface area (Å²) in [6.45, 7) is 9.99. The average Bonchev–Trinajstić information content (AvgIpc) is 3.47. The number of rotatable bonds is 7. The molecule has 1 aliphatic carbocycles. The van der Waals surface area contributed by atoms with E-state index in [4.69, 9.17) is 9.47 Å². The van der Waals surface area contributed by atoms with Gasteiger partial charge in [-0.2, -0.15) is 0 Å². The minimum absolute atomic E-state index is 0.243. The first-order valence-electron chi connectivity index (χ1n) is 12.3. The van der Waals surface area contributed by atoms with Crippen LogP contribution in [0.25, 0.3) is 0 Å². The molecule has 1 aromatic carbocycles. The zero-order valence-corrected chi connectivity index (χ0v) is 19.4. The van der Waals surface area contributed by atoms with Crippen LogP contribution in [0, 0.1) is 5.92 Å². The maximum Gasteiger partial charge on any atom is 0.231 e. The zero-order chi connectivity index (χ0) is 21.9. The molecular formula is C24H36N6O2. The number of benzene rings is 1. The summed E-state index contributed by atoms with van der Waals surface area (Å²) in [4.78, 5) is 5.35. The van der Waals surface area contributed by atoms with Crippen molar-refractivity contribution in [3.05, 3.63) is 29.6 Å². The lowest BCUT2D eigenvalue weighted by molar-refractivity contribution is 0.0469. The van der Waals surface area contributed by atoms with E-state index in [1.54, 1.807) is 0 Å². The van der Waals surface area contributed by atoms with Gasteiger partial charge in [0.15, 0.2) is 17.3 Å². The Bertz CT molecular complexity index is 886. The van der Waals surface area contributed by atoms with Crippen molar-refractivity contribution in [2.24, 2.45) is 5.92 Å². The molecule has 32 heavy (non-hydrogen) atoms. The molecule has 1 saturated carbocycles. The second-order valence-corrected chi connectivity index (χ2v) is 9.89. The maximum atomic E-state index is 5.55. The molecule has 1 saturated heterocycles. The highest BCUT2D eigenvalue weighted by molar-refractivity contribution is 5.44. The largest absolute Gasteiger partial charge is 0.454 e. The average molecular weight is 441 g/mol. The minimum atomic E-state index is 0.243. The van der Waals surface area contributed by atoms with Gasteiger partial charge in [0.25, 0.3) is 0 Å². The molecular weight excluding hydrogens is 404 g/mol. The van der Waals surface area contributed by atoms with Gasteiger partial charge in [-0.05, 0) is 53.3 Å². The van der Waals surface area contributed by atoms with E-state index in [0.717, 1.165) is 61.5 Å². The predicted octanol–water partition coefficient (Wildman–Crippen LogP) is 3.49. The quantitative estimate of drug-likeness (QED) is 0.653. The molecule has 0 bridgehead atoms. The third kappa shape index (κ3) is 4.76. The van der Waals surface area contributed by atoms with E-state index in [2.05, 4.69) is 45.2 Å². The van der Waals surface area contributed by atoms with Crippen LogP contribution in [0.5, 0.6) is 11.5 Å². The van der Waals surface area contributed by atoms with Crippen LogP contribution in [-0.2, 0) is 6.54 Å².